The maximum Gasteiger partial charge on any atom is 0.387 e. The zero-order chi connectivity index (χ0) is 14.4. The lowest BCUT2D eigenvalue weighted by Gasteiger charge is -2.09. The van der Waals surface area contributed by atoms with Crippen molar-refractivity contribution in [2.75, 3.05) is 5.32 Å². The SMILES string of the molecule is N#Cc1ccc(NCc2cccc(OC(F)F)c2)cc1. The zero-order valence-corrected chi connectivity index (χ0v) is 10.5. The van der Waals surface area contributed by atoms with Crippen LogP contribution in [0.4, 0.5) is 14.5 Å². The average molecular weight is 274 g/mol. The van der Waals surface area contributed by atoms with E-state index in [2.05, 4.69) is 10.1 Å². The van der Waals surface area contributed by atoms with E-state index in [0.717, 1.165) is 11.3 Å². The Hall–Kier alpha value is -2.61. The molecule has 0 aromatic heterocycles. The van der Waals surface area contributed by atoms with Gasteiger partial charge in [-0.3, -0.25) is 0 Å². The van der Waals surface area contributed by atoms with Crippen LogP contribution in [0.1, 0.15) is 11.1 Å². The molecule has 0 heterocycles. The number of rotatable bonds is 5. The highest BCUT2D eigenvalue weighted by atomic mass is 19.3. The number of nitriles is 1. The van der Waals surface area contributed by atoms with Crippen LogP contribution in [0.15, 0.2) is 48.5 Å². The second-order valence-corrected chi connectivity index (χ2v) is 4.07. The van der Waals surface area contributed by atoms with Gasteiger partial charge in [0.2, 0.25) is 0 Å². The van der Waals surface area contributed by atoms with Crippen molar-refractivity contribution in [3.05, 3.63) is 59.7 Å². The fourth-order valence-electron chi connectivity index (χ4n) is 1.70. The predicted molar refractivity (Wildman–Crippen MR) is 71.6 cm³/mol. The molecule has 0 radical (unpaired) electrons. The molecule has 0 bridgehead atoms. The molecule has 2 rings (SSSR count). The van der Waals surface area contributed by atoms with Crippen LogP contribution in [0.3, 0.4) is 0 Å². The molecule has 0 atom stereocenters. The van der Waals surface area contributed by atoms with Crippen molar-refractivity contribution in [2.45, 2.75) is 13.2 Å². The largest absolute Gasteiger partial charge is 0.435 e. The number of nitrogens with zero attached hydrogens (tertiary/aromatic N) is 1. The van der Waals surface area contributed by atoms with Crippen molar-refractivity contribution in [1.82, 2.24) is 0 Å². The van der Waals surface area contributed by atoms with Crippen LogP contribution in [0, 0.1) is 11.3 Å². The summed E-state index contributed by atoms with van der Waals surface area (Å²) in [6.45, 7) is -2.34. The summed E-state index contributed by atoms with van der Waals surface area (Å²) in [7, 11) is 0. The maximum atomic E-state index is 12.1. The Balaban J connectivity index is 1.97. The Morgan fingerprint density at radius 3 is 2.55 bits per heavy atom. The quantitative estimate of drug-likeness (QED) is 0.902. The molecule has 0 aliphatic heterocycles. The average Bonchev–Trinajstić information content (AvgIpc) is 2.45. The van der Waals surface area contributed by atoms with E-state index in [4.69, 9.17) is 5.26 Å². The van der Waals surface area contributed by atoms with Crippen molar-refractivity contribution in [2.24, 2.45) is 0 Å². The van der Waals surface area contributed by atoms with Crippen LogP contribution < -0.4 is 10.1 Å². The Morgan fingerprint density at radius 2 is 1.90 bits per heavy atom. The number of alkyl halides is 2. The Bertz CT molecular complexity index is 606. The van der Waals surface area contributed by atoms with E-state index in [1.165, 1.54) is 6.07 Å². The van der Waals surface area contributed by atoms with E-state index < -0.39 is 6.61 Å². The molecule has 0 spiro atoms. The molecule has 2 aromatic rings. The Morgan fingerprint density at radius 1 is 1.15 bits per heavy atom. The first-order valence-electron chi connectivity index (χ1n) is 5.95. The van der Waals surface area contributed by atoms with E-state index in [9.17, 15) is 8.78 Å². The van der Waals surface area contributed by atoms with Gasteiger partial charge in [-0.1, -0.05) is 12.1 Å². The first-order chi connectivity index (χ1) is 9.67. The lowest BCUT2D eigenvalue weighted by molar-refractivity contribution is -0.0498. The van der Waals surface area contributed by atoms with Gasteiger partial charge in [-0.15, -0.1) is 0 Å². The third-order valence-electron chi connectivity index (χ3n) is 2.63. The number of benzene rings is 2. The van der Waals surface area contributed by atoms with Crippen LogP contribution in [-0.4, -0.2) is 6.61 Å². The normalized spacial score (nSPS) is 10.1. The zero-order valence-electron chi connectivity index (χ0n) is 10.5. The van der Waals surface area contributed by atoms with E-state index >= 15 is 0 Å². The van der Waals surface area contributed by atoms with Gasteiger partial charge in [-0.2, -0.15) is 14.0 Å². The smallest absolute Gasteiger partial charge is 0.387 e. The van der Waals surface area contributed by atoms with Gasteiger partial charge in [-0.25, -0.2) is 0 Å². The van der Waals surface area contributed by atoms with Gasteiger partial charge in [0.05, 0.1) is 11.6 Å². The highest BCUT2D eigenvalue weighted by molar-refractivity contribution is 5.47. The van der Waals surface area contributed by atoms with Crippen LogP contribution >= 0.6 is 0 Å². The Kier molecular flexibility index (Phi) is 4.51. The summed E-state index contributed by atoms with van der Waals surface area (Å²) in [6, 6.07) is 15.5. The van der Waals surface area contributed by atoms with E-state index in [0.29, 0.717) is 12.1 Å². The third kappa shape index (κ3) is 3.95. The van der Waals surface area contributed by atoms with Gasteiger partial charge in [0, 0.05) is 12.2 Å². The molecule has 3 nitrogen and oxygen atoms in total. The van der Waals surface area contributed by atoms with Crippen molar-refractivity contribution in [1.29, 1.82) is 5.26 Å². The summed E-state index contributed by atoms with van der Waals surface area (Å²) in [4.78, 5) is 0. The standard InChI is InChI=1S/C15H12F2N2O/c16-15(17)20-14-3-1-2-12(8-14)10-19-13-6-4-11(9-18)5-7-13/h1-8,15,19H,10H2. The van der Waals surface area contributed by atoms with Crippen molar-refractivity contribution in [3.8, 4) is 11.8 Å². The van der Waals surface area contributed by atoms with Gasteiger partial charge in [0.25, 0.3) is 0 Å². The third-order valence-corrected chi connectivity index (χ3v) is 2.63. The summed E-state index contributed by atoms with van der Waals surface area (Å²) in [5.41, 5.74) is 2.26. The number of halogens is 2. The molecule has 0 saturated heterocycles. The van der Waals surface area contributed by atoms with Crippen molar-refractivity contribution < 1.29 is 13.5 Å². The summed E-state index contributed by atoms with van der Waals surface area (Å²) in [5.74, 6) is 0.138. The number of hydrogen-bond donors (Lipinski definition) is 1. The van der Waals surface area contributed by atoms with Crippen LogP contribution in [-0.2, 0) is 6.54 Å². The second-order valence-electron chi connectivity index (χ2n) is 4.07. The summed E-state index contributed by atoms with van der Waals surface area (Å²) < 4.78 is 28.6. The minimum atomic E-state index is -2.82. The summed E-state index contributed by atoms with van der Waals surface area (Å²) in [5, 5.41) is 11.8. The second kappa shape index (κ2) is 6.53. The minimum Gasteiger partial charge on any atom is -0.435 e. The highest BCUT2D eigenvalue weighted by Crippen LogP contribution is 2.17. The molecular formula is C15H12F2N2O. The molecule has 5 heteroatoms. The number of anilines is 1. The molecule has 102 valence electrons. The topological polar surface area (TPSA) is 45.0 Å². The predicted octanol–water partition coefficient (Wildman–Crippen LogP) is 3.77. The molecule has 20 heavy (non-hydrogen) atoms. The molecular weight excluding hydrogens is 262 g/mol. The monoisotopic (exact) mass is 274 g/mol. The first-order valence-corrected chi connectivity index (χ1v) is 5.95. The molecule has 1 N–H and O–H groups in total. The summed E-state index contributed by atoms with van der Waals surface area (Å²) >= 11 is 0. The number of ether oxygens (including phenoxy) is 1. The molecule has 0 aliphatic carbocycles. The maximum absolute atomic E-state index is 12.1. The summed E-state index contributed by atoms with van der Waals surface area (Å²) in [6.07, 6.45) is 0. The molecule has 0 amide bonds. The molecule has 0 saturated carbocycles. The van der Waals surface area contributed by atoms with Crippen molar-refractivity contribution >= 4 is 5.69 Å². The van der Waals surface area contributed by atoms with Gasteiger partial charge < -0.3 is 10.1 Å². The minimum absolute atomic E-state index is 0.138. The number of nitrogens with one attached hydrogen (secondary N) is 1. The van der Waals surface area contributed by atoms with Gasteiger partial charge in [0.15, 0.2) is 0 Å². The fourth-order valence-corrected chi connectivity index (χ4v) is 1.70. The van der Waals surface area contributed by atoms with Crippen molar-refractivity contribution in [3.63, 3.8) is 0 Å². The van der Waals surface area contributed by atoms with Gasteiger partial charge >= 0.3 is 6.61 Å². The van der Waals surface area contributed by atoms with Gasteiger partial charge in [0.1, 0.15) is 5.75 Å². The van der Waals surface area contributed by atoms with Crippen LogP contribution in [0.5, 0.6) is 5.75 Å². The Labute approximate surface area is 115 Å². The van der Waals surface area contributed by atoms with Gasteiger partial charge in [-0.05, 0) is 42.0 Å². The molecule has 0 unspecified atom stereocenters. The first kappa shape index (κ1) is 13.8. The van der Waals surface area contributed by atoms with E-state index in [1.54, 1.807) is 36.4 Å². The van der Waals surface area contributed by atoms with Crippen LogP contribution in [0.2, 0.25) is 0 Å². The molecule has 0 fully saturated rings. The fraction of sp³-hybridized carbons (Fsp3) is 0.133. The lowest BCUT2D eigenvalue weighted by Crippen LogP contribution is -2.03. The van der Waals surface area contributed by atoms with E-state index in [1.807, 2.05) is 12.1 Å². The molecule has 2 aromatic carbocycles. The lowest BCUT2D eigenvalue weighted by atomic mass is 10.2. The van der Waals surface area contributed by atoms with Crippen LogP contribution in [0.25, 0.3) is 0 Å². The highest BCUT2D eigenvalue weighted by Gasteiger charge is 2.04. The number of hydrogen-bond acceptors (Lipinski definition) is 3. The van der Waals surface area contributed by atoms with E-state index in [-0.39, 0.29) is 5.75 Å². The molecule has 0 aliphatic rings.